The van der Waals surface area contributed by atoms with Crippen LogP contribution in [0.15, 0.2) is 60.7 Å². The van der Waals surface area contributed by atoms with Crippen LogP contribution in [-0.2, 0) is 19.1 Å². The number of nitrogens with zero attached hydrogens (tertiary/aromatic N) is 1. The number of benzene rings is 2. The van der Waals surface area contributed by atoms with E-state index in [0.29, 0.717) is 29.4 Å². The highest BCUT2D eigenvalue weighted by Gasteiger charge is 2.67. The molecule has 5 rings (SSSR count). The molecule has 2 N–H and O–H groups in total. The first-order valence-corrected chi connectivity index (χ1v) is 10.4. The van der Waals surface area contributed by atoms with Gasteiger partial charge in [0.15, 0.2) is 0 Å². The van der Waals surface area contributed by atoms with Crippen molar-refractivity contribution in [3.63, 3.8) is 0 Å². The molecule has 0 radical (unpaired) electrons. The fraction of sp³-hybridized carbons (Fsp3) is 0.292. The predicted octanol–water partition coefficient (Wildman–Crippen LogP) is 2.58. The molecule has 3 aliphatic heterocycles. The van der Waals surface area contributed by atoms with Gasteiger partial charge in [0.2, 0.25) is 17.7 Å². The summed E-state index contributed by atoms with van der Waals surface area (Å²) in [5, 5.41) is 5.62. The number of fused-ring (bicyclic) bond motifs is 1. The Kier molecular flexibility index (Phi) is 4.74. The van der Waals surface area contributed by atoms with Crippen LogP contribution in [0.3, 0.4) is 0 Å². The quantitative estimate of drug-likeness (QED) is 0.707. The molecule has 2 bridgehead atoms. The van der Waals surface area contributed by atoms with E-state index in [0.717, 1.165) is 0 Å². The number of ether oxygens (including phenoxy) is 2. The minimum absolute atomic E-state index is 0.140. The second kappa shape index (κ2) is 7.49. The Hall–Kier alpha value is -3.65. The molecule has 3 amide bonds. The highest BCUT2D eigenvalue weighted by Crippen LogP contribution is 2.52. The third-order valence-electron chi connectivity index (χ3n) is 6.26. The van der Waals surface area contributed by atoms with E-state index in [1.807, 2.05) is 12.2 Å². The first kappa shape index (κ1) is 20.3. The van der Waals surface area contributed by atoms with Gasteiger partial charge in [0.25, 0.3) is 0 Å². The SMILES string of the molecule is COc1ccc(NC(=O)[C@H]2[C@H]3C=C[C@@]4(CN(c5ccc(NC(C)=O)cc5)C(=O)[C@@H]24)O3)cc1. The lowest BCUT2D eigenvalue weighted by Gasteiger charge is -2.23. The molecule has 3 aliphatic rings. The molecule has 2 aromatic rings. The zero-order valence-corrected chi connectivity index (χ0v) is 17.7. The van der Waals surface area contributed by atoms with E-state index in [-0.39, 0.29) is 17.7 Å². The zero-order chi connectivity index (χ0) is 22.5. The number of rotatable bonds is 5. The minimum Gasteiger partial charge on any atom is -0.497 e. The van der Waals surface area contributed by atoms with Crippen molar-refractivity contribution in [3.05, 3.63) is 60.7 Å². The fourth-order valence-electron chi connectivity index (χ4n) is 4.84. The van der Waals surface area contributed by atoms with Gasteiger partial charge >= 0.3 is 0 Å². The monoisotopic (exact) mass is 433 g/mol. The number of anilines is 3. The number of methoxy groups -OCH3 is 1. The van der Waals surface area contributed by atoms with Gasteiger partial charge in [-0.3, -0.25) is 14.4 Å². The summed E-state index contributed by atoms with van der Waals surface area (Å²) in [5.41, 5.74) is 1.18. The summed E-state index contributed by atoms with van der Waals surface area (Å²) in [6.07, 6.45) is 3.38. The maximum Gasteiger partial charge on any atom is 0.234 e. The maximum atomic E-state index is 13.4. The third kappa shape index (κ3) is 3.23. The molecule has 32 heavy (non-hydrogen) atoms. The van der Waals surface area contributed by atoms with Gasteiger partial charge in [-0.1, -0.05) is 12.2 Å². The minimum atomic E-state index is -0.806. The summed E-state index contributed by atoms with van der Waals surface area (Å²) >= 11 is 0. The average Bonchev–Trinajstić information content (AvgIpc) is 3.43. The fourth-order valence-corrected chi connectivity index (χ4v) is 4.84. The average molecular weight is 433 g/mol. The van der Waals surface area contributed by atoms with Crippen LogP contribution in [-0.4, -0.2) is 43.1 Å². The summed E-state index contributed by atoms with van der Waals surface area (Å²) < 4.78 is 11.3. The van der Waals surface area contributed by atoms with Crippen molar-refractivity contribution in [1.29, 1.82) is 0 Å². The Morgan fingerprint density at radius 1 is 1.06 bits per heavy atom. The lowest BCUT2D eigenvalue weighted by atomic mass is 9.77. The van der Waals surface area contributed by atoms with Crippen molar-refractivity contribution in [2.45, 2.75) is 18.6 Å². The van der Waals surface area contributed by atoms with E-state index in [9.17, 15) is 14.4 Å². The van der Waals surface area contributed by atoms with Gasteiger partial charge in [0.05, 0.1) is 31.6 Å². The van der Waals surface area contributed by atoms with E-state index in [1.54, 1.807) is 60.5 Å². The summed E-state index contributed by atoms with van der Waals surface area (Å²) in [7, 11) is 1.58. The van der Waals surface area contributed by atoms with Crippen LogP contribution in [0.5, 0.6) is 5.75 Å². The molecule has 2 fully saturated rings. The summed E-state index contributed by atoms with van der Waals surface area (Å²) in [5.74, 6) is -1.06. The molecule has 0 aliphatic carbocycles. The Morgan fingerprint density at radius 2 is 1.72 bits per heavy atom. The lowest BCUT2D eigenvalue weighted by Crippen LogP contribution is -2.41. The van der Waals surface area contributed by atoms with E-state index < -0.39 is 23.5 Å². The molecular weight excluding hydrogens is 410 g/mol. The van der Waals surface area contributed by atoms with E-state index in [2.05, 4.69) is 10.6 Å². The van der Waals surface area contributed by atoms with Crippen LogP contribution in [0.2, 0.25) is 0 Å². The summed E-state index contributed by atoms with van der Waals surface area (Å²) in [4.78, 5) is 39.5. The topological polar surface area (TPSA) is 97.0 Å². The standard InChI is InChI=1S/C24H23N3O5/c1-14(28)25-15-3-7-17(8-4-15)27-13-24-12-11-19(32-24)20(21(24)23(27)30)22(29)26-16-5-9-18(31-2)10-6-16/h3-12,19-21H,13H2,1-2H3,(H,25,28)(H,26,29)/t19-,20+,21-,24+/m1/s1. The molecule has 0 aromatic heterocycles. The molecule has 2 aromatic carbocycles. The predicted molar refractivity (Wildman–Crippen MR) is 118 cm³/mol. The number of carbonyl (C=O) groups excluding carboxylic acids is 3. The normalized spacial score (nSPS) is 27.4. The summed E-state index contributed by atoms with van der Waals surface area (Å²) in [6, 6.07) is 14.1. The highest BCUT2D eigenvalue weighted by atomic mass is 16.5. The molecule has 8 nitrogen and oxygen atoms in total. The molecule has 3 heterocycles. The van der Waals surface area contributed by atoms with Crippen molar-refractivity contribution < 1.29 is 23.9 Å². The second-order valence-electron chi connectivity index (χ2n) is 8.27. The van der Waals surface area contributed by atoms with Gasteiger partial charge in [-0.05, 0) is 48.5 Å². The van der Waals surface area contributed by atoms with Crippen LogP contribution in [0.4, 0.5) is 17.1 Å². The number of nitrogens with one attached hydrogen (secondary N) is 2. The van der Waals surface area contributed by atoms with Crippen LogP contribution in [0.1, 0.15) is 6.92 Å². The van der Waals surface area contributed by atoms with Crippen LogP contribution >= 0.6 is 0 Å². The molecule has 0 unspecified atom stereocenters. The van der Waals surface area contributed by atoms with Gasteiger partial charge in [0.1, 0.15) is 11.4 Å². The van der Waals surface area contributed by atoms with Crippen LogP contribution < -0.4 is 20.3 Å². The van der Waals surface area contributed by atoms with E-state index >= 15 is 0 Å². The molecule has 8 heteroatoms. The molecule has 0 saturated carbocycles. The van der Waals surface area contributed by atoms with Crippen molar-refractivity contribution in [2.75, 3.05) is 29.2 Å². The van der Waals surface area contributed by atoms with Crippen molar-refractivity contribution in [1.82, 2.24) is 0 Å². The largest absolute Gasteiger partial charge is 0.497 e. The number of amides is 3. The smallest absolute Gasteiger partial charge is 0.234 e. The third-order valence-corrected chi connectivity index (χ3v) is 6.26. The van der Waals surface area contributed by atoms with Gasteiger partial charge in [-0.2, -0.15) is 0 Å². The molecule has 2 saturated heterocycles. The van der Waals surface area contributed by atoms with Crippen LogP contribution in [0.25, 0.3) is 0 Å². The number of hydrogen-bond donors (Lipinski definition) is 2. The first-order valence-electron chi connectivity index (χ1n) is 10.4. The second-order valence-corrected chi connectivity index (χ2v) is 8.27. The first-order chi connectivity index (χ1) is 15.4. The highest BCUT2D eigenvalue weighted by molar-refractivity contribution is 6.05. The Bertz CT molecular complexity index is 1110. The maximum absolute atomic E-state index is 13.4. The molecule has 164 valence electrons. The Balaban J connectivity index is 1.36. The Labute approximate surface area is 185 Å². The lowest BCUT2D eigenvalue weighted by molar-refractivity contribution is -0.128. The van der Waals surface area contributed by atoms with Gasteiger partial charge in [-0.15, -0.1) is 0 Å². The number of hydrogen-bond acceptors (Lipinski definition) is 5. The van der Waals surface area contributed by atoms with Crippen molar-refractivity contribution in [2.24, 2.45) is 11.8 Å². The summed E-state index contributed by atoms with van der Waals surface area (Å²) in [6.45, 7) is 1.78. The molecule has 1 spiro atoms. The van der Waals surface area contributed by atoms with Gasteiger partial charge < -0.3 is 25.0 Å². The Morgan fingerprint density at radius 3 is 2.38 bits per heavy atom. The van der Waals surface area contributed by atoms with Gasteiger partial charge in [-0.25, -0.2) is 0 Å². The van der Waals surface area contributed by atoms with Crippen molar-refractivity contribution >= 4 is 34.8 Å². The molecular formula is C24H23N3O5. The zero-order valence-electron chi connectivity index (χ0n) is 17.7. The van der Waals surface area contributed by atoms with E-state index in [4.69, 9.17) is 9.47 Å². The van der Waals surface area contributed by atoms with Crippen molar-refractivity contribution in [3.8, 4) is 5.75 Å². The molecule has 4 atom stereocenters. The van der Waals surface area contributed by atoms with E-state index in [1.165, 1.54) is 6.92 Å². The van der Waals surface area contributed by atoms with Crippen LogP contribution in [0, 0.1) is 11.8 Å². The number of carbonyl (C=O) groups is 3. The van der Waals surface area contributed by atoms with Gasteiger partial charge in [0, 0.05) is 24.0 Å².